The molecular formula is C18H19NO3. The molecule has 0 aromatic heterocycles. The molecule has 0 spiro atoms. The molecule has 1 aromatic carbocycles. The van der Waals surface area contributed by atoms with Gasteiger partial charge in [-0.05, 0) is 35.7 Å². The highest BCUT2D eigenvalue weighted by molar-refractivity contribution is 5.86. The van der Waals surface area contributed by atoms with Gasteiger partial charge < -0.3 is 10.4 Å². The van der Waals surface area contributed by atoms with Crippen LogP contribution in [0.1, 0.15) is 12.0 Å². The first-order chi connectivity index (χ1) is 10.7. The van der Waals surface area contributed by atoms with E-state index in [2.05, 4.69) is 11.4 Å². The molecule has 6 atom stereocenters. The Morgan fingerprint density at radius 2 is 1.68 bits per heavy atom. The van der Waals surface area contributed by atoms with Gasteiger partial charge in [-0.1, -0.05) is 42.5 Å². The minimum Gasteiger partial charge on any atom is -0.481 e. The molecule has 0 radical (unpaired) electrons. The molecule has 1 aromatic rings. The lowest BCUT2D eigenvalue weighted by Gasteiger charge is -2.41. The van der Waals surface area contributed by atoms with Crippen LogP contribution in [0.2, 0.25) is 0 Å². The highest BCUT2D eigenvalue weighted by Crippen LogP contribution is 2.63. The van der Waals surface area contributed by atoms with Crippen LogP contribution in [0, 0.1) is 35.5 Å². The molecule has 2 bridgehead atoms. The number of hydrogen-bond donors (Lipinski definition) is 2. The Morgan fingerprint density at radius 1 is 1.05 bits per heavy atom. The number of rotatable bonds is 4. The first kappa shape index (κ1) is 13.6. The minimum absolute atomic E-state index is 0.0416. The fourth-order valence-electron chi connectivity index (χ4n) is 4.47. The predicted octanol–water partition coefficient (Wildman–Crippen LogP) is 2.07. The Labute approximate surface area is 129 Å². The summed E-state index contributed by atoms with van der Waals surface area (Å²) in [5.74, 6) is -0.751. The van der Waals surface area contributed by atoms with Crippen LogP contribution in [0.4, 0.5) is 0 Å². The van der Waals surface area contributed by atoms with E-state index in [1.807, 2.05) is 36.4 Å². The van der Waals surface area contributed by atoms with Crippen LogP contribution in [-0.4, -0.2) is 17.0 Å². The third-order valence-corrected chi connectivity index (χ3v) is 5.55. The number of hydrogen-bond acceptors (Lipinski definition) is 2. The number of carbonyl (C=O) groups excluding carboxylic acids is 1. The number of nitrogens with one attached hydrogen (secondary N) is 1. The van der Waals surface area contributed by atoms with Crippen LogP contribution < -0.4 is 5.32 Å². The van der Waals surface area contributed by atoms with Crippen molar-refractivity contribution in [3.63, 3.8) is 0 Å². The number of carbonyl (C=O) groups is 2. The van der Waals surface area contributed by atoms with Gasteiger partial charge in [0.1, 0.15) is 0 Å². The van der Waals surface area contributed by atoms with E-state index < -0.39 is 17.8 Å². The molecule has 0 saturated heterocycles. The second-order valence-electron chi connectivity index (χ2n) is 6.70. The average molecular weight is 297 g/mol. The molecule has 4 aliphatic rings. The van der Waals surface area contributed by atoms with Crippen molar-refractivity contribution in [3.05, 3.63) is 48.0 Å². The highest BCUT2D eigenvalue weighted by atomic mass is 16.4. The molecule has 0 unspecified atom stereocenters. The minimum atomic E-state index is -0.829. The summed E-state index contributed by atoms with van der Waals surface area (Å²) in [5.41, 5.74) is 1.03. The smallest absolute Gasteiger partial charge is 0.307 e. The summed E-state index contributed by atoms with van der Waals surface area (Å²) < 4.78 is 0. The number of aliphatic carboxylic acids is 1. The Balaban J connectivity index is 1.51. The number of allylic oxidation sites excluding steroid dienone is 2. The maximum atomic E-state index is 12.6. The van der Waals surface area contributed by atoms with Crippen LogP contribution in [0.3, 0.4) is 0 Å². The molecule has 5 rings (SSSR count). The number of amides is 1. The van der Waals surface area contributed by atoms with E-state index in [4.69, 9.17) is 0 Å². The first-order valence-corrected chi connectivity index (χ1v) is 7.89. The summed E-state index contributed by atoms with van der Waals surface area (Å²) in [4.78, 5) is 24.3. The fraction of sp³-hybridized carbons (Fsp3) is 0.444. The topological polar surface area (TPSA) is 66.4 Å². The number of carboxylic acids is 1. The van der Waals surface area contributed by atoms with E-state index in [0.29, 0.717) is 18.4 Å². The summed E-state index contributed by atoms with van der Waals surface area (Å²) in [7, 11) is 0. The Bertz CT molecular complexity index is 639. The van der Waals surface area contributed by atoms with E-state index in [0.717, 1.165) is 12.0 Å². The second-order valence-corrected chi connectivity index (χ2v) is 6.70. The molecule has 1 amide bonds. The van der Waals surface area contributed by atoms with Crippen molar-refractivity contribution in [2.24, 2.45) is 35.5 Å². The summed E-state index contributed by atoms with van der Waals surface area (Å²) >= 11 is 0. The van der Waals surface area contributed by atoms with E-state index in [1.165, 1.54) is 0 Å². The van der Waals surface area contributed by atoms with Crippen molar-refractivity contribution in [1.29, 1.82) is 0 Å². The van der Waals surface area contributed by atoms with Crippen molar-refractivity contribution >= 4 is 11.9 Å². The summed E-state index contributed by atoms with van der Waals surface area (Å²) in [5, 5.41) is 12.5. The van der Waals surface area contributed by atoms with Gasteiger partial charge in [-0.15, -0.1) is 0 Å². The molecule has 4 nitrogen and oxygen atoms in total. The van der Waals surface area contributed by atoms with Crippen molar-refractivity contribution in [1.82, 2.24) is 5.32 Å². The quantitative estimate of drug-likeness (QED) is 0.836. The van der Waals surface area contributed by atoms with E-state index in [-0.39, 0.29) is 17.7 Å². The second kappa shape index (κ2) is 4.97. The van der Waals surface area contributed by atoms with Gasteiger partial charge in [0, 0.05) is 6.54 Å². The number of benzene rings is 1. The van der Waals surface area contributed by atoms with Crippen LogP contribution in [0.15, 0.2) is 42.5 Å². The fourth-order valence-corrected chi connectivity index (χ4v) is 4.47. The lowest BCUT2D eigenvalue weighted by molar-refractivity contribution is -0.153. The zero-order chi connectivity index (χ0) is 15.3. The molecule has 22 heavy (non-hydrogen) atoms. The van der Waals surface area contributed by atoms with Gasteiger partial charge in [-0.25, -0.2) is 0 Å². The summed E-state index contributed by atoms with van der Waals surface area (Å²) in [6.07, 6.45) is 5.21. The molecule has 114 valence electrons. The van der Waals surface area contributed by atoms with Crippen molar-refractivity contribution < 1.29 is 14.7 Å². The number of carboxylic acid groups (broad SMARTS) is 1. The van der Waals surface area contributed by atoms with Crippen molar-refractivity contribution in [2.45, 2.75) is 13.0 Å². The summed E-state index contributed by atoms with van der Waals surface area (Å²) in [6, 6.07) is 9.71. The highest BCUT2D eigenvalue weighted by Gasteiger charge is 2.62. The Kier molecular flexibility index (Phi) is 3.06. The zero-order valence-electron chi connectivity index (χ0n) is 12.2. The van der Waals surface area contributed by atoms with Gasteiger partial charge in [0.2, 0.25) is 5.91 Å². The van der Waals surface area contributed by atoms with Crippen LogP contribution in [0.25, 0.3) is 0 Å². The average Bonchev–Trinajstić information content (AvgIpc) is 3.35. The van der Waals surface area contributed by atoms with Gasteiger partial charge in [0.05, 0.1) is 11.8 Å². The maximum absolute atomic E-state index is 12.6. The maximum Gasteiger partial charge on any atom is 0.307 e. The molecule has 0 aliphatic heterocycles. The van der Waals surface area contributed by atoms with E-state index in [9.17, 15) is 14.7 Å². The van der Waals surface area contributed by atoms with Crippen LogP contribution >= 0.6 is 0 Å². The van der Waals surface area contributed by atoms with Gasteiger partial charge in [0.15, 0.2) is 0 Å². The Morgan fingerprint density at radius 3 is 2.32 bits per heavy atom. The Hall–Kier alpha value is -2.10. The monoisotopic (exact) mass is 297 g/mol. The predicted molar refractivity (Wildman–Crippen MR) is 80.6 cm³/mol. The number of fused-ring (bicyclic) bond motifs is 1. The molecule has 4 aliphatic carbocycles. The van der Waals surface area contributed by atoms with Gasteiger partial charge in [0.25, 0.3) is 0 Å². The standard InChI is InChI=1S/C18H19NO3/c20-17(19-9-10-4-2-1-3-5-10)15-11-6-7-12(14-8-13(11)14)16(15)18(21)22/h1-7,11-16H,8-9H2,(H,19,20)(H,21,22)/t11-,12+,13+,14-,15-,16+/m0/s1. The van der Waals surface area contributed by atoms with Gasteiger partial charge in [-0.3, -0.25) is 9.59 Å². The molecule has 0 heterocycles. The lowest BCUT2D eigenvalue weighted by atomic mass is 9.62. The van der Waals surface area contributed by atoms with Crippen molar-refractivity contribution in [2.75, 3.05) is 0 Å². The van der Waals surface area contributed by atoms with E-state index >= 15 is 0 Å². The molecule has 4 heteroatoms. The third kappa shape index (κ3) is 2.05. The largest absolute Gasteiger partial charge is 0.481 e. The van der Waals surface area contributed by atoms with E-state index in [1.54, 1.807) is 0 Å². The van der Waals surface area contributed by atoms with Crippen LogP contribution in [0.5, 0.6) is 0 Å². The molecular weight excluding hydrogens is 278 g/mol. The summed E-state index contributed by atoms with van der Waals surface area (Å²) in [6.45, 7) is 0.456. The molecule has 2 N–H and O–H groups in total. The normalized spacial score (nSPS) is 37.5. The van der Waals surface area contributed by atoms with Gasteiger partial charge >= 0.3 is 5.97 Å². The zero-order valence-corrected chi connectivity index (χ0v) is 12.2. The SMILES string of the molecule is O=C(O)[C@@H]1[C@@H]2C=C[C@@H]([C@H]3C[C@@H]23)[C@@H]1C(=O)NCc1ccccc1. The van der Waals surface area contributed by atoms with Crippen LogP contribution in [-0.2, 0) is 16.1 Å². The molecule has 2 saturated carbocycles. The van der Waals surface area contributed by atoms with Gasteiger partial charge in [-0.2, -0.15) is 0 Å². The lowest BCUT2D eigenvalue weighted by Crippen LogP contribution is -2.49. The molecule has 2 fully saturated rings. The van der Waals surface area contributed by atoms with Crippen molar-refractivity contribution in [3.8, 4) is 0 Å². The first-order valence-electron chi connectivity index (χ1n) is 7.89. The third-order valence-electron chi connectivity index (χ3n) is 5.55.